The van der Waals surface area contributed by atoms with Gasteiger partial charge in [-0.3, -0.25) is 0 Å². The van der Waals surface area contributed by atoms with Crippen LogP contribution in [0, 0.1) is 0 Å². The van der Waals surface area contributed by atoms with Crippen molar-refractivity contribution in [1.82, 2.24) is 9.97 Å². The Labute approximate surface area is 286 Å². The van der Waals surface area contributed by atoms with Crippen molar-refractivity contribution in [2.24, 2.45) is 20.5 Å². The van der Waals surface area contributed by atoms with E-state index >= 15 is 0 Å². The summed E-state index contributed by atoms with van der Waals surface area (Å²) in [5.74, 6) is -0.134. The molecule has 4 N–H and O–H groups in total. The molecule has 0 spiro atoms. The minimum Gasteiger partial charge on any atom is -0.506 e. The molecule has 6 aromatic rings. The lowest BCUT2D eigenvalue weighted by atomic mass is 10.3. The smallest absolute Gasteiger partial charge is 0.229 e. The number of phenolic OH excluding ortho intramolecular Hbond substituents is 4. The van der Waals surface area contributed by atoms with Crippen LogP contribution in [0.1, 0.15) is 0 Å². The van der Waals surface area contributed by atoms with Gasteiger partial charge in [-0.2, -0.15) is 0 Å². The van der Waals surface area contributed by atoms with Crippen molar-refractivity contribution in [3.63, 3.8) is 0 Å². The highest BCUT2D eigenvalue weighted by molar-refractivity contribution is 8.01. The Morgan fingerprint density at radius 3 is 1.11 bits per heavy atom. The van der Waals surface area contributed by atoms with Crippen LogP contribution >= 0.6 is 69.7 Å². The van der Waals surface area contributed by atoms with Crippen LogP contribution in [-0.2, 0) is 0 Å². The molecule has 1 aliphatic rings. The first kappa shape index (κ1) is 30.6. The van der Waals surface area contributed by atoms with Crippen LogP contribution in [0.3, 0.4) is 0 Å². The summed E-state index contributed by atoms with van der Waals surface area (Å²) in [5.41, 5.74) is 0.857. The quantitative estimate of drug-likeness (QED) is 0.129. The Balaban J connectivity index is 1.41. The Bertz CT molecular complexity index is 1970. The van der Waals surface area contributed by atoms with E-state index in [4.69, 9.17) is 0 Å². The number of aromatic hydroxyl groups is 4. The lowest BCUT2D eigenvalue weighted by molar-refractivity contribution is 0.444. The second-order valence-electron chi connectivity index (χ2n) is 9.22. The first-order valence-electron chi connectivity index (χ1n) is 13.1. The van der Waals surface area contributed by atoms with Gasteiger partial charge in [0.25, 0.3) is 0 Å². The maximum absolute atomic E-state index is 11.5. The van der Waals surface area contributed by atoms with Crippen molar-refractivity contribution in [2.75, 3.05) is 0 Å². The maximum atomic E-state index is 11.5. The Morgan fingerprint density at radius 2 is 0.761 bits per heavy atom. The van der Waals surface area contributed by atoms with Gasteiger partial charge in [-0.15, -0.1) is 43.1 Å². The number of rotatable bonds is 4. The number of fused-ring (bicyclic) bond motifs is 8. The summed E-state index contributed by atoms with van der Waals surface area (Å²) in [6, 6.07) is 17.2. The zero-order valence-electron chi connectivity index (χ0n) is 23.0. The van der Waals surface area contributed by atoms with Crippen molar-refractivity contribution >= 4 is 91.4 Å². The molecule has 4 aromatic carbocycles. The molecule has 3 heterocycles. The van der Waals surface area contributed by atoms with Gasteiger partial charge >= 0.3 is 0 Å². The lowest BCUT2D eigenvalue weighted by Gasteiger charge is -2.16. The number of phenols is 4. The van der Waals surface area contributed by atoms with Gasteiger partial charge in [-0.1, -0.05) is 59.2 Å². The fourth-order valence-electron chi connectivity index (χ4n) is 4.10. The number of para-hydroxylation sites is 2. The molecular formula is C30H18N6O4S6. The van der Waals surface area contributed by atoms with Gasteiger partial charge in [0.1, 0.15) is 23.0 Å². The number of hydrogen-bond donors (Lipinski definition) is 4. The number of nitrogens with zero attached hydrogens (tertiary/aromatic N) is 6. The first-order valence-corrected chi connectivity index (χ1v) is 18.2. The average molecular weight is 719 g/mol. The van der Waals surface area contributed by atoms with Crippen LogP contribution in [0.2, 0.25) is 0 Å². The predicted molar refractivity (Wildman–Crippen MR) is 181 cm³/mol. The van der Waals surface area contributed by atoms with Crippen molar-refractivity contribution in [3.05, 3.63) is 83.8 Å². The summed E-state index contributed by atoms with van der Waals surface area (Å²) >= 11 is 7.27. The van der Waals surface area contributed by atoms with Crippen molar-refractivity contribution in [3.8, 4) is 23.0 Å². The van der Waals surface area contributed by atoms with Gasteiger partial charge in [0, 0.05) is 23.2 Å². The third-order valence-corrected chi connectivity index (χ3v) is 11.8. The van der Waals surface area contributed by atoms with Gasteiger partial charge in [0.2, 0.25) is 10.3 Å². The predicted octanol–water partition coefficient (Wildman–Crippen LogP) is 11.2. The normalized spacial score (nSPS) is 13.0. The number of hydrogen-bond acceptors (Lipinski definition) is 16. The van der Waals surface area contributed by atoms with Gasteiger partial charge in [-0.05, 0) is 48.5 Å². The molecule has 16 heteroatoms. The van der Waals surface area contributed by atoms with E-state index in [9.17, 15) is 20.4 Å². The van der Waals surface area contributed by atoms with Crippen LogP contribution in [0.15, 0.2) is 143 Å². The molecular weight excluding hydrogens is 701 g/mol. The molecule has 0 radical (unpaired) electrons. The van der Waals surface area contributed by atoms with E-state index in [1.807, 2.05) is 0 Å². The van der Waals surface area contributed by atoms with Gasteiger partial charge in [0.15, 0.2) is 0 Å². The van der Waals surface area contributed by atoms with Crippen LogP contribution in [0.5, 0.6) is 23.0 Å². The molecule has 0 aliphatic carbocycles. The van der Waals surface area contributed by atoms with E-state index in [1.54, 1.807) is 83.8 Å². The van der Waals surface area contributed by atoms with Crippen LogP contribution in [-0.4, -0.2) is 30.4 Å². The second kappa shape index (κ2) is 13.4. The summed E-state index contributed by atoms with van der Waals surface area (Å²) in [5, 5.41) is 67.3. The number of aromatic nitrogens is 2. The molecule has 0 saturated carbocycles. The van der Waals surface area contributed by atoms with Gasteiger partial charge in [0.05, 0.1) is 50.5 Å². The third kappa shape index (κ3) is 6.58. The number of benzene rings is 4. The number of thiazole rings is 2. The molecule has 2 aromatic heterocycles. The molecule has 0 fully saturated rings. The first-order chi connectivity index (χ1) is 22.4. The van der Waals surface area contributed by atoms with E-state index in [-0.39, 0.29) is 23.0 Å². The summed E-state index contributed by atoms with van der Waals surface area (Å²) in [4.78, 5) is 11.9. The van der Waals surface area contributed by atoms with Crippen molar-refractivity contribution in [1.29, 1.82) is 0 Å². The largest absolute Gasteiger partial charge is 0.506 e. The molecule has 228 valence electrons. The standard InChI is InChI=1S/C30H18N6O4S6/c37-25-17-3-1-5-19(25)44-21-11-15(33-35-29-31-7-9-41-29)13-23(27(21)39)46-24-14-16(34-36-30-32-8-10-42-30)12-22(28(24)40)45-20-6-2-4-18(43-17)26(20)38/h1-14,37-40H. The molecule has 7 rings (SSSR count). The highest BCUT2D eigenvalue weighted by atomic mass is 32.2. The van der Waals surface area contributed by atoms with Crippen LogP contribution in [0.4, 0.5) is 21.6 Å². The minimum absolute atomic E-state index is 0.00330. The third-order valence-electron chi connectivity index (χ3n) is 6.19. The molecule has 0 amide bonds. The van der Waals surface area contributed by atoms with Crippen LogP contribution in [0.25, 0.3) is 0 Å². The zero-order chi connectivity index (χ0) is 31.6. The van der Waals surface area contributed by atoms with Crippen molar-refractivity contribution < 1.29 is 20.4 Å². The average Bonchev–Trinajstić information content (AvgIpc) is 3.77. The Hall–Kier alpha value is -4.06. The maximum Gasteiger partial charge on any atom is 0.229 e. The molecule has 0 atom stereocenters. The fourth-order valence-corrected chi connectivity index (χ4v) is 9.17. The summed E-state index contributed by atoms with van der Waals surface area (Å²) in [6.07, 6.45) is 3.27. The minimum atomic E-state index is -0.0703. The Morgan fingerprint density at radius 1 is 0.435 bits per heavy atom. The summed E-state index contributed by atoms with van der Waals surface area (Å²) < 4.78 is 0. The van der Waals surface area contributed by atoms with E-state index in [0.717, 1.165) is 35.3 Å². The molecule has 0 saturated heterocycles. The second-order valence-corrected chi connectivity index (χ2v) is 15.3. The molecule has 0 unspecified atom stereocenters. The van der Waals surface area contributed by atoms with E-state index < -0.39 is 0 Å². The monoisotopic (exact) mass is 718 g/mol. The summed E-state index contributed by atoms with van der Waals surface area (Å²) in [7, 11) is 0. The van der Waals surface area contributed by atoms with E-state index in [1.165, 1.54) is 34.4 Å². The Kier molecular flexibility index (Phi) is 8.88. The highest BCUT2D eigenvalue weighted by Crippen LogP contribution is 2.54. The fraction of sp³-hybridized carbons (Fsp3) is 0. The lowest BCUT2D eigenvalue weighted by Crippen LogP contribution is -1.87. The zero-order valence-corrected chi connectivity index (χ0v) is 27.9. The van der Waals surface area contributed by atoms with Crippen molar-refractivity contribution in [2.45, 2.75) is 39.2 Å². The molecule has 8 bridgehead atoms. The molecule has 46 heavy (non-hydrogen) atoms. The van der Waals surface area contributed by atoms with E-state index in [2.05, 4.69) is 30.4 Å². The molecule has 1 aliphatic heterocycles. The summed E-state index contributed by atoms with van der Waals surface area (Å²) in [6.45, 7) is 0. The van der Waals surface area contributed by atoms with E-state index in [0.29, 0.717) is 60.8 Å². The van der Waals surface area contributed by atoms with Gasteiger partial charge in [-0.25, -0.2) is 9.97 Å². The number of azo groups is 2. The molecule has 10 nitrogen and oxygen atoms in total. The highest BCUT2D eigenvalue weighted by Gasteiger charge is 2.22. The van der Waals surface area contributed by atoms with Crippen LogP contribution < -0.4 is 0 Å². The SMILES string of the molecule is Oc1c2cccc1Sc1cc(N=Nc3nccs3)cc(c1O)Sc1cc(N=Nc3nccs3)cc(c1O)Sc1cccc(c1O)S2. The topological polar surface area (TPSA) is 156 Å². The van der Waals surface area contributed by atoms with Gasteiger partial charge < -0.3 is 20.4 Å².